The lowest BCUT2D eigenvalue weighted by Gasteiger charge is -2.29. The summed E-state index contributed by atoms with van der Waals surface area (Å²) in [6.07, 6.45) is 0.446. The summed E-state index contributed by atoms with van der Waals surface area (Å²) in [7, 11) is 0. The van der Waals surface area contributed by atoms with Crippen LogP contribution in [0.2, 0.25) is 0 Å². The van der Waals surface area contributed by atoms with E-state index in [9.17, 15) is 22.4 Å². The molecule has 1 saturated carbocycles. The SMILES string of the molecule is CC(c1ncc(C(F)(F)F)cc1F)N(C(=O)c1ccc2nc(N)c3cncn3c2c1)C1CC1. The summed E-state index contributed by atoms with van der Waals surface area (Å²) < 4.78 is 55.0. The van der Waals surface area contributed by atoms with Gasteiger partial charge in [-0.25, -0.2) is 14.4 Å². The molecule has 0 spiro atoms. The Bertz CT molecular complexity index is 1400. The van der Waals surface area contributed by atoms with Gasteiger partial charge < -0.3 is 10.6 Å². The van der Waals surface area contributed by atoms with Crippen molar-refractivity contribution in [2.45, 2.75) is 38.0 Å². The Morgan fingerprint density at radius 3 is 2.64 bits per heavy atom. The molecule has 0 bridgehead atoms. The number of anilines is 1. The van der Waals surface area contributed by atoms with Crippen molar-refractivity contribution in [2.24, 2.45) is 0 Å². The Morgan fingerprint density at radius 2 is 1.97 bits per heavy atom. The molecule has 0 radical (unpaired) electrons. The minimum Gasteiger partial charge on any atom is -0.382 e. The van der Waals surface area contributed by atoms with Gasteiger partial charge in [-0.1, -0.05) is 0 Å². The first-order valence-electron chi connectivity index (χ1n) is 10.2. The van der Waals surface area contributed by atoms with Gasteiger partial charge in [0.2, 0.25) is 0 Å². The topological polar surface area (TPSA) is 89.4 Å². The molecular formula is C22H18F4N6O. The van der Waals surface area contributed by atoms with Crippen LogP contribution in [0.4, 0.5) is 23.4 Å². The first-order valence-corrected chi connectivity index (χ1v) is 10.2. The van der Waals surface area contributed by atoms with E-state index in [1.807, 2.05) is 0 Å². The number of carbonyl (C=O) groups excluding carboxylic acids is 1. The van der Waals surface area contributed by atoms with Crippen LogP contribution in [0.5, 0.6) is 0 Å². The molecule has 1 aliphatic rings. The lowest BCUT2D eigenvalue weighted by atomic mass is 10.1. The molecule has 4 aromatic rings. The average molecular weight is 458 g/mol. The van der Waals surface area contributed by atoms with Gasteiger partial charge in [-0.05, 0) is 44.0 Å². The van der Waals surface area contributed by atoms with E-state index in [0.29, 0.717) is 40.2 Å². The van der Waals surface area contributed by atoms with Gasteiger partial charge in [-0.15, -0.1) is 0 Å². The fourth-order valence-electron chi connectivity index (χ4n) is 4.01. The van der Waals surface area contributed by atoms with Crippen molar-refractivity contribution < 1.29 is 22.4 Å². The maximum absolute atomic E-state index is 14.6. The van der Waals surface area contributed by atoms with Gasteiger partial charge in [0, 0.05) is 17.8 Å². The van der Waals surface area contributed by atoms with Crippen LogP contribution < -0.4 is 5.73 Å². The van der Waals surface area contributed by atoms with E-state index >= 15 is 0 Å². The number of benzene rings is 1. The molecule has 170 valence electrons. The van der Waals surface area contributed by atoms with Crippen LogP contribution >= 0.6 is 0 Å². The van der Waals surface area contributed by atoms with Gasteiger partial charge >= 0.3 is 6.18 Å². The second kappa shape index (κ2) is 7.39. The average Bonchev–Trinajstić information content (AvgIpc) is 3.46. The number of carbonyl (C=O) groups is 1. The first-order chi connectivity index (χ1) is 15.6. The van der Waals surface area contributed by atoms with Crippen LogP contribution in [-0.4, -0.2) is 36.2 Å². The van der Waals surface area contributed by atoms with Crippen molar-refractivity contribution in [3.8, 4) is 0 Å². The van der Waals surface area contributed by atoms with Gasteiger partial charge in [-0.3, -0.25) is 14.2 Å². The number of imidazole rings is 1. The molecule has 0 aliphatic heterocycles. The van der Waals surface area contributed by atoms with Gasteiger partial charge in [-0.2, -0.15) is 13.2 Å². The van der Waals surface area contributed by atoms with Crippen molar-refractivity contribution in [1.29, 1.82) is 0 Å². The molecule has 1 unspecified atom stereocenters. The number of hydrogen-bond donors (Lipinski definition) is 1. The number of nitrogens with two attached hydrogens (primary N) is 1. The number of nitrogens with zero attached hydrogens (tertiary/aromatic N) is 5. The number of hydrogen-bond acceptors (Lipinski definition) is 5. The summed E-state index contributed by atoms with van der Waals surface area (Å²) in [4.78, 5) is 27.1. The zero-order chi connectivity index (χ0) is 23.5. The summed E-state index contributed by atoms with van der Waals surface area (Å²) in [6, 6.07) is 4.31. The summed E-state index contributed by atoms with van der Waals surface area (Å²) >= 11 is 0. The highest BCUT2D eigenvalue weighted by Gasteiger charge is 2.39. The number of aromatic nitrogens is 4. The standard InChI is InChI=1S/C22H18F4N6O/c1-11(19-15(23)7-13(8-29-19)22(24,25)26)32(14-3-4-14)21(33)12-2-5-16-17(6-12)31-10-28-9-18(31)20(27)30-16/h2,5-11,14H,3-4H2,1H3,(H2,27,30). The number of amides is 1. The Kier molecular flexibility index (Phi) is 4.73. The molecule has 3 aromatic heterocycles. The van der Waals surface area contributed by atoms with E-state index in [1.54, 1.807) is 42.0 Å². The summed E-state index contributed by atoms with van der Waals surface area (Å²) in [5.41, 5.74) is 6.67. The molecule has 11 heteroatoms. The molecule has 33 heavy (non-hydrogen) atoms. The fraction of sp³-hybridized carbons (Fsp3) is 0.273. The monoisotopic (exact) mass is 458 g/mol. The van der Waals surface area contributed by atoms with Crippen LogP contribution in [0.25, 0.3) is 16.6 Å². The Labute approximate surface area is 184 Å². The molecule has 1 aliphatic carbocycles. The molecule has 1 amide bonds. The zero-order valence-corrected chi connectivity index (χ0v) is 17.3. The smallest absolute Gasteiger partial charge is 0.382 e. The van der Waals surface area contributed by atoms with E-state index in [1.165, 1.54) is 4.90 Å². The first kappa shape index (κ1) is 21.1. The number of rotatable bonds is 4. The Hall–Kier alpha value is -3.76. The summed E-state index contributed by atoms with van der Waals surface area (Å²) in [6.45, 7) is 1.56. The van der Waals surface area contributed by atoms with Crippen molar-refractivity contribution in [3.05, 3.63) is 65.6 Å². The maximum atomic E-state index is 14.6. The van der Waals surface area contributed by atoms with Crippen LogP contribution in [-0.2, 0) is 6.18 Å². The quantitative estimate of drug-likeness (QED) is 0.459. The zero-order valence-electron chi connectivity index (χ0n) is 17.3. The molecule has 5 rings (SSSR count). The third-order valence-electron chi connectivity index (χ3n) is 5.81. The van der Waals surface area contributed by atoms with Crippen molar-refractivity contribution in [1.82, 2.24) is 24.3 Å². The molecule has 1 atom stereocenters. The van der Waals surface area contributed by atoms with Crippen LogP contribution in [0.3, 0.4) is 0 Å². The number of nitrogen functional groups attached to an aromatic ring is 1. The van der Waals surface area contributed by atoms with E-state index in [0.717, 1.165) is 12.8 Å². The van der Waals surface area contributed by atoms with Crippen molar-refractivity contribution >= 4 is 28.3 Å². The second-order valence-corrected chi connectivity index (χ2v) is 8.06. The number of fused-ring (bicyclic) bond motifs is 3. The Balaban J connectivity index is 1.53. The highest BCUT2D eigenvalue weighted by Crippen LogP contribution is 2.37. The molecule has 1 fully saturated rings. The van der Waals surface area contributed by atoms with Gasteiger partial charge in [0.15, 0.2) is 0 Å². The van der Waals surface area contributed by atoms with Gasteiger partial charge in [0.1, 0.15) is 17.2 Å². The molecule has 1 aromatic carbocycles. The molecular weight excluding hydrogens is 440 g/mol. The Morgan fingerprint density at radius 1 is 1.21 bits per heavy atom. The number of alkyl halides is 3. The lowest BCUT2D eigenvalue weighted by Crippen LogP contribution is -2.36. The molecule has 0 saturated heterocycles. The molecule has 3 heterocycles. The van der Waals surface area contributed by atoms with Crippen LogP contribution in [0, 0.1) is 5.82 Å². The largest absolute Gasteiger partial charge is 0.417 e. The summed E-state index contributed by atoms with van der Waals surface area (Å²) in [5, 5.41) is 0. The lowest BCUT2D eigenvalue weighted by molar-refractivity contribution is -0.138. The van der Waals surface area contributed by atoms with E-state index in [-0.39, 0.29) is 17.6 Å². The number of halogens is 4. The van der Waals surface area contributed by atoms with Crippen LogP contribution in [0.1, 0.15) is 47.4 Å². The molecule has 2 N–H and O–H groups in total. The van der Waals surface area contributed by atoms with Crippen molar-refractivity contribution in [3.63, 3.8) is 0 Å². The third-order valence-corrected chi connectivity index (χ3v) is 5.81. The third kappa shape index (κ3) is 3.62. The second-order valence-electron chi connectivity index (χ2n) is 8.06. The molecule has 7 nitrogen and oxygen atoms in total. The predicted octanol–water partition coefficient (Wildman–Crippen LogP) is 4.38. The van der Waals surface area contributed by atoms with Crippen molar-refractivity contribution in [2.75, 3.05) is 5.73 Å². The van der Waals surface area contributed by atoms with E-state index in [2.05, 4.69) is 15.0 Å². The van der Waals surface area contributed by atoms with Gasteiger partial charge in [0.05, 0.1) is 40.9 Å². The maximum Gasteiger partial charge on any atom is 0.417 e. The normalized spacial score (nSPS) is 15.2. The highest BCUT2D eigenvalue weighted by molar-refractivity contribution is 5.98. The summed E-state index contributed by atoms with van der Waals surface area (Å²) in [5.74, 6) is -1.18. The predicted molar refractivity (Wildman–Crippen MR) is 112 cm³/mol. The fourth-order valence-corrected chi connectivity index (χ4v) is 4.01. The highest BCUT2D eigenvalue weighted by atomic mass is 19.4. The van der Waals surface area contributed by atoms with Gasteiger partial charge in [0.25, 0.3) is 5.91 Å². The van der Waals surface area contributed by atoms with E-state index in [4.69, 9.17) is 5.73 Å². The minimum absolute atomic E-state index is 0.149. The number of pyridine rings is 1. The van der Waals surface area contributed by atoms with Crippen LogP contribution in [0.15, 0.2) is 43.0 Å². The van der Waals surface area contributed by atoms with E-state index < -0.39 is 23.6 Å². The minimum atomic E-state index is -4.71.